The molecule has 0 radical (unpaired) electrons. The predicted octanol–water partition coefficient (Wildman–Crippen LogP) is 3.29. The third kappa shape index (κ3) is 5.35. The highest BCUT2D eigenvalue weighted by atomic mass is 32.2. The quantitative estimate of drug-likeness (QED) is 0.825. The van der Waals surface area contributed by atoms with Gasteiger partial charge in [-0.05, 0) is 23.8 Å². The fourth-order valence-corrected chi connectivity index (χ4v) is 2.93. The van der Waals surface area contributed by atoms with Gasteiger partial charge in [-0.3, -0.25) is 14.3 Å². The highest BCUT2D eigenvalue weighted by Crippen LogP contribution is 2.22. The molecule has 0 unspecified atom stereocenters. The van der Waals surface area contributed by atoms with Crippen molar-refractivity contribution in [3.8, 4) is 0 Å². The number of aliphatic carboxylic acids is 1. The number of hydrogen-bond acceptors (Lipinski definition) is 4. The van der Waals surface area contributed by atoms with Crippen LogP contribution in [0.25, 0.3) is 0 Å². The molecule has 1 heterocycles. The number of nitrogens with one attached hydrogen (secondary N) is 1. The molecule has 6 nitrogen and oxygen atoms in total. The van der Waals surface area contributed by atoms with Crippen LogP contribution in [0, 0.1) is 0 Å². The maximum atomic E-state index is 12.5. The minimum atomic E-state index is -0.833. The average Bonchev–Trinajstić information content (AvgIpc) is 2.89. The Morgan fingerprint density at radius 1 is 1.28 bits per heavy atom. The van der Waals surface area contributed by atoms with Gasteiger partial charge in [0.05, 0.1) is 11.4 Å². The van der Waals surface area contributed by atoms with Crippen LogP contribution >= 0.6 is 11.8 Å². The Labute approximate surface area is 151 Å². The number of amides is 1. The van der Waals surface area contributed by atoms with Crippen LogP contribution in [0.2, 0.25) is 0 Å². The summed E-state index contributed by atoms with van der Waals surface area (Å²) in [5, 5.41) is 16.0. The van der Waals surface area contributed by atoms with Gasteiger partial charge in [0.1, 0.15) is 5.69 Å². The van der Waals surface area contributed by atoms with Crippen LogP contribution in [0.15, 0.2) is 30.3 Å². The van der Waals surface area contributed by atoms with Gasteiger partial charge in [0, 0.05) is 23.9 Å². The molecular weight excluding hydrogens is 338 g/mol. The smallest absolute Gasteiger partial charge is 0.313 e. The lowest BCUT2D eigenvalue weighted by molar-refractivity contribution is -0.133. The van der Waals surface area contributed by atoms with Crippen LogP contribution in [0.4, 0.5) is 5.69 Å². The van der Waals surface area contributed by atoms with Gasteiger partial charge in [-0.15, -0.1) is 11.8 Å². The van der Waals surface area contributed by atoms with E-state index in [1.54, 1.807) is 11.7 Å². The molecule has 0 aliphatic carbocycles. The number of nitrogens with zero attached hydrogens (tertiary/aromatic N) is 2. The fraction of sp³-hybridized carbons (Fsp3) is 0.389. The molecule has 1 aromatic heterocycles. The van der Waals surface area contributed by atoms with Crippen LogP contribution in [-0.2, 0) is 23.0 Å². The summed E-state index contributed by atoms with van der Waals surface area (Å²) < 4.78 is 1.59. The van der Waals surface area contributed by atoms with Gasteiger partial charge in [-0.25, -0.2) is 0 Å². The average molecular weight is 361 g/mol. The van der Waals surface area contributed by atoms with E-state index in [1.807, 2.05) is 30.3 Å². The summed E-state index contributed by atoms with van der Waals surface area (Å²) in [6.45, 7) is 6.15. The van der Waals surface area contributed by atoms with Gasteiger partial charge in [0.2, 0.25) is 0 Å². The first-order valence-corrected chi connectivity index (χ1v) is 9.06. The van der Waals surface area contributed by atoms with Crippen molar-refractivity contribution in [3.05, 3.63) is 47.3 Å². The highest BCUT2D eigenvalue weighted by molar-refractivity contribution is 7.99. The highest BCUT2D eigenvalue weighted by Gasteiger charge is 2.21. The normalized spacial score (nSPS) is 11.4. The standard InChI is InChI=1S/C18H23N3O3S/c1-18(2,3)15-9-14(21(4)20-15)17(24)19-13-7-5-6-12(8-13)10-25-11-16(22)23/h5-9H,10-11H2,1-4H3,(H,19,24)(H,22,23). The van der Waals surface area contributed by atoms with Crippen LogP contribution in [-0.4, -0.2) is 32.5 Å². The summed E-state index contributed by atoms with van der Waals surface area (Å²) in [5.41, 5.74) is 2.87. The van der Waals surface area contributed by atoms with E-state index in [0.717, 1.165) is 11.3 Å². The summed E-state index contributed by atoms with van der Waals surface area (Å²) in [4.78, 5) is 23.1. The second-order valence-corrected chi connectivity index (χ2v) is 7.82. The van der Waals surface area contributed by atoms with E-state index < -0.39 is 5.97 Å². The Bertz CT molecular complexity index is 778. The number of anilines is 1. The Kier molecular flexibility index (Phi) is 5.89. The van der Waals surface area contributed by atoms with Crippen LogP contribution in [0.5, 0.6) is 0 Å². The number of aromatic nitrogens is 2. The van der Waals surface area contributed by atoms with Gasteiger partial charge >= 0.3 is 5.97 Å². The van der Waals surface area contributed by atoms with E-state index in [4.69, 9.17) is 5.11 Å². The summed E-state index contributed by atoms with van der Waals surface area (Å²) in [6.07, 6.45) is 0. The molecule has 7 heteroatoms. The van der Waals surface area contributed by atoms with Crippen molar-refractivity contribution < 1.29 is 14.7 Å². The zero-order valence-electron chi connectivity index (χ0n) is 14.9. The first kappa shape index (κ1) is 19.1. The van der Waals surface area contributed by atoms with Gasteiger partial charge in [-0.2, -0.15) is 5.10 Å². The molecule has 2 rings (SSSR count). The third-order valence-electron chi connectivity index (χ3n) is 3.56. The lowest BCUT2D eigenvalue weighted by Crippen LogP contribution is -2.16. The molecule has 0 aliphatic rings. The number of carbonyl (C=O) groups is 2. The first-order valence-electron chi connectivity index (χ1n) is 7.91. The largest absolute Gasteiger partial charge is 0.481 e. The molecule has 134 valence electrons. The summed E-state index contributed by atoms with van der Waals surface area (Å²) in [5.74, 6) is -0.418. The van der Waals surface area contributed by atoms with Crippen molar-refractivity contribution in [2.45, 2.75) is 31.9 Å². The third-order valence-corrected chi connectivity index (χ3v) is 4.55. The number of rotatable bonds is 6. The molecule has 2 aromatic rings. The monoisotopic (exact) mass is 361 g/mol. The Morgan fingerprint density at radius 3 is 2.60 bits per heavy atom. The topological polar surface area (TPSA) is 84.2 Å². The summed E-state index contributed by atoms with van der Waals surface area (Å²) in [7, 11) is 1.75. The second-order valence-electron chi connectivity index (χ2n) is 6.83. The first-order chi connectivity index (χ1) is 11.7. The summed E-state index contributed by atoms with van der Waals surface area (Å²) in [6, 6.07) is 9.22. The van der Waals surface area contributed by atoms with Crippen molar-refractivity contribution in [2.24, 2.45) is 7.05 Å². The number of carbonyl (C=O) groups excluding carboxylic acids is 1. The number of aryl methyl sites for hydroxylation is 1. The SMILES string of the molecule is Cn1nc(C(C)(C)C)cc1C(=O)Nc1cccc(CSCC(=O)O)c1. The number of benzene rings is 1. The second kappa shape index (κ2) is 7.74. The molecule has 1 amide bonds. The maximum Gasteiger partial charge on any atom is 0.313 e. The Balaban J connectivity index is 2.08. The van der Waals surface area contributed by atoms with Gasteiger partial charge in [0.15, 0.2) is 0 Å². The van der Waals surface area contributed by atoms with Crippen LogP contribution < -0.4 is 5.32 Å². The van der Waals surface area contributed by atoms with Crippen molar-refractivity contribution in [1.29, 1.82) is 0 Å². The van der Waals surface area contributed by atoms with E-state index in [9.17, 15) is 9.59 Å². The Morgan fingerprint density at radius 2 is 2.00 bits per heavy atom. The molecule has 0 atom stereocenters. The van der Waals surface area contributed by atoms with Crippen LogP contribution in [0.3, 0.4) is 0 Å². The molecular formula is C18H23N3O3S. The molecule has 2 N–H and O–H groups in total. The molecule has 0 aliphatic heterocycles. The molecule has 0 saturated carbocycles. The lowest BCUT2D eigenvalue weighted by Gasteiger charge is -2.13. The number of carboxylic acid groups (broad SMARTS) is 1. The van der Waals surface area contributed by atoms with Crippen LogP contribution in [0.1, 0.15) is 42.5 Å². The van der Waals surface area contributed by atoms with E-state index in [-0.39, 0.29) is 17.1 Å². The van der Waals surface area contributed by atoms with E-state index >= 15 is 0 Å². The van der Waals surface area contributed by atoms with E-state index in [2.05, 4.69) is 31.2 Å². The van der Waals surface area contributed by atoms with Gasteiger partial charge < -0.3 is 10.4 Å². The molecule has 0 bridgehead atoms. The fourth-order valence-electron chi connectivity index (χ4n) is 2.24. The van der Waals surface area contributed by atoms with Crippen molar-refractivity contribution >= 4 is 29.3 Å². The van der Waals surface area contributed by atoms with E-state index in [1.165, 1.54) is 11.8 Å². The van der Waals surface area contributed by atoms with Crippen molar-refractivity contribution in [2.75, 3.05) is 11.1 Å². The predicted molar refractivity (Wildman–Crippen MR) is 100 cm³/mol. The minimum Gasteiger partial charge on any atom is -0.481 e. The van der Waals surface area contributed by atoms with E-state index in [0.29, 0.717) is 17.1 Å². The zero-order chi connectivity index (χ0) is 18.6. The molecule has 25 heavy (non-hydrogen) atoms. The lowest BCUT2D eigenvalue weighted by atomic mass is 9.92. The Hall–Kier alpha value is -2.28. The summed E-state index contributed by atoms with van der Waals surface area (Å²) >= 11 is 1.32. The van der Waals surface area contributed by atoms with Crippen molar-refractivity contribution in [1.82, 2.24) is 9.78 Å². The van der Waals surface area contributed by atoms with Crippen molar-refractivity contribution in [3.63, 3.8) is 0 Å². The number of thioether (sulfide) groups is 1. The maximum absolute atomic E-state index is 12.5. The van der Waals surface area contributed by atoms with Gasteiger partial charge in [-0.1, -0.05) is 32.9 Å². The zero-order valence-corrected chi connectivity index (χ0v) is 15.7. The van der Waals surface area contributed by atoms with Gasteiger partial charge in [0.25, 0.3) is 5.91 Å². The molecule has 0 saturated heterocycles. The number of hydrogen-bond donors (Lipinski definition) is 2. The minimum absolute atomic E-state index is 0.0567. The molecule has 0 spiro atoms. The molecule has 1 aromatic carbocycles. The number of carboxylic acids is 1. The molecule has 0 fully saturated rings.